The van der Waals surface area contributed by atoms with E-state index in [9.17, 15) is 0 Å². The molecule has 3 N–H and O–H groups in total. The molecule has 0 aliphatic rings. The highest BCUT2D eigenvalue weighted by atomic mass is 16.3. The SMILES string of the molecule is Cc1cnc(N)nc1NC(C)Cc1ccco1. The standard InChI is InChI=1S/C12H16N4O/c1-8-7-14-12(13)16-11(8)15-9(2)6-10-4-3-5-17-10/h3-5,7,9H,6H2,1-2H3,(H3,13,14,15,16). The highest BCUT2D eigenvalue weighted by Crippen LogP contribution is 2.14. The van der Waals surface area contributed by atoms with Gasteiger partial charge in [-0.25, -0.2) is 4.98 Å². The molecule has 0 saturated heterocycles. The number of furan rings is 1. The summed E-state index contributed by atoms with van der Waals surface area (Å²) in [5, 5.41) is 3.30. The average molecular weight is 232 g/mol. The fraction of sp³-hybridized carbons (Fsp3) is 0.333. The van der Waals surface area contributed by atoms with Crippen LogP contribution in [0.15, 0.2) is 29.0 Å². The van der Waals surface area contributed by atoms with Gasteiger partial charge in [0.15, 0.2) is 0 Å². The third-order valence-corrected chi connectivity index (χ3v) is 2.46. The van der Waals surface area contributed by atoms with Crippen LogP contribution in [0.1, 0.15) is 18.2 Å². The van der Waals surface area contributed by atoms with E-state index in [-0.39, 0.29) is 12.0 Å². The van der Waals surface area contributed by atoms with Crippen molar-refractivity contribution in [3.63, 3.8) is 0 Å². The van der Waals surface area contributed by atoms with Crippen LogP contribution in [-0.2, 0) is 6.42 Å². The summed E-state index contributed by atoms with van der Waals surface area (Å²) in [6.45, 7) is 4.02. The minimum Gasteiger partial charge on any atom is -0.469 e. The molecule has 0 bridgehead atoms. The summed E-state index contributed by atoms with van der Waals surface area (Å²) >= 11 is 0. The van der Waals surface area contributed by atoms with Crippen molar-refractivity contribution >= 4 is 11.8 Å². The van der Waals surface area contributed by atoms with Gasteiger partial charge < -0.3 is 15.5 Å². The van der Waals surface area contributed by atoms with Crippen LogP contribution in [0, 0.1) is 6.92 Å². The van der Waals surface area contributed by atoms with Gasteiger partial charge in [-0.3, -0.25) is 0 Å². The summed E-state index contributed by atoms with van der Waals surface area (Å²) in [6, 6.07) is 4.06. The van der Waals surface area contributed by atoms with Crippen molar-refractivity contribution in [1.82, 2.24) is 9.97 Å². The number of nitrogens with zero attached hydrogens (tertiary/aromatic N) is 2. The molecule has 90 valence electrons. The van der Waals surface area contributed by atoms with E-state index in [4.69, 9.17) is 10.2 Å². The third kappa shape index (κ3) is 2.96. The molecule has 2 heterocycles. The minimum absolute atomic E-state index is 0.217. The molecule has 1 unspecified atom stereocenters. The van der Waals surface area contributed by atoms with Crippen molar-refractivity contribution in [2.24, 2.45) is 0 Å². The maximum atomic E-state index is 5.56. The number of rotatable bonds is 4. The number of aromatic nitrogens is 2. The zero-order valence-corrected chi connectivity index (χ0v) is 9.97. The first-order valence-electron chi connectivity index (χ1n) is 5.53. The molecule has 0 aliphatic heterocycles. The van der Waals surface area contributed by atoms with Crippen LogP contribution in [0.3, 0.4) is 0 Å². The summed E-state index contributed by atoms with van der Waals surface area (Å²) < 4.78 is 5.30. The Bertz CT molecular complexity index is 481. The molecular weight excluding hydrogens is 216 g/mol. The van der Waals surface area contributed by atoms with Gasteiger partial charge in [0.1, 0.15) is 11.6 Å². The zero-order valence-electron chi connectivity index (χ0n) is 9.97. The number of nitrogens with one attached hydrogen (secondary N) is 1. The second-order valence-corrected chi connectivity index (χ2v) is 4.09. The highest BCUT2D eigenvalue weighted by Gasteiger charge is 2.08. The van der Waals surface area contributed by atoms with Gasteiger partial charge in [0.25, 0.3) is 0 Å². The smallest absolute Gasteiger partial charge is 0.221 e. The van der Waals surface area contributed by atoms with Crippen LogP contribution in [0.25, 0.3) is 0 Å². The van der Waals surface area contributed by atoms with Crippen molar-refractivity contribution in [1.29, 1.82) is 0 Å². The molecule has 5 nitrogen and oxygen atoms in total. The van der Waals surface area contributed by atoms with Gasteiger partial charge >= 0.3 is 0 Å². The lowest BCUT2D eigenvalue weighted by Gasteiger charge is -2.14. The summed E-state index contributed by atoms with van der Waals surface area (Å²) in [6.07, 6.45) is 4.19. The Hall–Kier alpha value is -2.04. The Labute approximate surface area is 100 Å². The minimum atomic E-state index is 0.217. The van der Waals surface area contributed by atoms with Gasteiger partial charge in [0.2, 0.25) is 5.95 Å². The molecule has 1 atom stereocenters. The van der Waals surface area contributed by atoms with Crippen LogP contribution < -0.4 is 11.1 Å². The van der Waals surface area contributed by atoms with Gasteiger partial charge in [-0.1, -0.05) is 0 Å². The molecule has 0 saturated carbocycles. The molecule has 0 fully saturated rings. The molecule has 2 aromatic rings. The quantitative estimate of drug-likeness (QED) is 0.843. The summed E-state index contributed by atoms with van der Waals surface area (Å²) in [5.41, 5.74) is 6.54. The lowest BCUT2D eigenvalue weighted by atomic mass is 10.2. The van der Waals surface area contributed by atoms with E-state index in [0.29, 0.717) is 0 Å². The number of nitrogens with two attached hydrogens (primary N) is 1. The number of anilines is 2. The average Bonchev–Trinajstić information content (AvgIpc) is 2.76. The van der Waals surface area contributed by atoms with Gasteiger partial charge in [-0.15, -0.1) is 0 Å². The van der Waals surface area contributed by atoms with Gasteiger partial charge in [0.05, 0.1) is 6.26 Å². The fourth-order valence-electron chi connectivity index (χ4n) is 1.62. The molecule has 0 spiro atoms. The molecule has 5 heteroatoms. The van der Waals surface area contributed by atoms with Crippen LogP contribution >= 0.6 is 0 Å². The summed E-state index contributed by atoms with van der Waals surface area (Å²) in [7, 11) is 0. The largest absolute Gasteiger partial charge is 0.469 e. The lowest BCUT2D eigenvalue weighted by molar-refractivity contribution is 0.497. The number of nitrogen functional groups attached to an aromatic ring is 1. The summed E-state index contributed by atoms with van der Waals surface area (Å²) in [5.74, 6) is 2.00. The molecule has 2 rings (SSSR count). The topological polar surface area (TPSA) is 77.0 Å². The molecule has 0 aliphatic carbocycles. The molecule has 2 aromatic heterocycles. The normalized spacial score (nSPS) is 12.4. The summed E-state index contributed by atoms with van der Waals surface area (Å²) in [4.78, 5) is 8.10. The number of aryl methyl sites for hydroxylation is 1. The Kier molecular flexibility index (Phi) is 3.27. The van der Waals surface area contributed by atoms with Crippen molar-refractivity contribution in [2.45, 2.75) is 26.3 Å². The van der Waals surface area contributed by atoms with Crippen LogP contribution in [-0.4, -0.2) is 16.0 Å². The van der Waals surface area contributed by atoms with Crippen molar-refractivity contribution in [2.75, 3.05) is 11.1 Å². The molecule has 0 radical (unpaired) electrons. The zero-order chi connectivity index (χ0) is 12.3. The van der Waals surface area contributed by atoms with Gasteiger partial charge in [0, 0.05) is 24.2 Å². The van der Waals surface area contributed by atoms with E-state index < -0.39 is 0 Å². The maximum absolute atomic E-state index is 5.56. The first-order valence-corrected chi connectivity index (χ1v) is 5.53. The van der Waals surface area contributed by atoms with Crippen molar-refractivity contribution < 1.29 is 4.42 Å². The lowest BCUT2D eigenvalue weighted by Crippen LogP contribution is -2.19. The van der Waals surface area contributed by atoms with Crippen LogP contribution in [0.5, 0.6) is 0 Å². The Morgan fingerprint density at radius 1 is 1.53 bits per heavy atom. The highest BCUT2D eigenvalue weighted by molar-refractivity contribution is 5.45. The van der Waals surface area contributed by atoms with Crippen molar-refractivity contribution in [3.8, 4) is 0 Å². The molecule has 0 amide bonds. The maximum Gasteiger partial charge on any atom is 0.221 e. The number of hydrogen-bond donors (Lipinski definition) is 2. The second kappa shape index (κ2) is 4.86. The molecular formula is C12H16N4O. The molecule has 17 heavy (non-hydrogen) atoms. The second-order valence-electron chi connectivity index (χ2n) is 4.09. The Morgan fingerprint density at radius 3 is 3.06 bits per heavy atom. The van der Waals surface area contributed by atoms with Crippen LogP contribution in [0.2, 0.25) is 0 Å². The van der Waals surface area contributed by atoms with Crippen molar-refractivity contribution in [3.05, 3.63) is 35.9 Å². The molecule has 0 aromatic carbocycles. The van der Waals surface area contributed by atoms with Crippen LogP contribution in [0.4, 0.5) is 11.8 Å². The predicted octanol–water partition coefficient (Wildman–Crippen LogP) is 2.00. The van der Waals surface area contributed by atoms with E-state index >= 15 is 0 Å². The fourth-order valence-corrected chi connectivity index (χ4v) is 1.62. The van der Waals surface area contributed by atoms with Gasteiger partial charge in [-0.2, -0.15) is 4.98 Å². The predicted molar refractivity (Wildman–Crippen MR) is 66.7 cm³/mol. The van der Waals surface area contributed by atoms with Gasteiger partial charge in [-0.05, 0) is 26.0 Å². The van der Waals surface area contributed by atoms with E-state index in [1.54, 1.807) is 12.5 Å². The first-order chi connectivity index (χ1) is 8.15. The van der Waals surface area contributed by atoms with E-state index in [0.717, 1.165) is 23.6 Å². The Balaban J connectivity index is 2.02. The van der Waals surface area contributed by atoms with E-state index in [2.05, 4.69) is 22.2 Å². The van der Waals surface area contributed by atoms with E-state index in [1.165, 1.54) is 0 Å². The Morgan fingerprint density at radius 2 is 2.35 bits per heavy atom. The number of hydrogen-bond acceptors (Lipinski definition) is 5. The third-order valence-electron chi connectivity index (χ3n) is 2.46. The van der Waals surface area contributed by atoms with E-state index in [1.807, 2.05) is 19.1 Å². The monoisotopic (exact) mass is 232 g/mol. The first kappa shape index (κ1) is 11.4.